The molecule has 0 fully saturated rings. The first kappa shape index (κ1) is 12.1. The zero-order valence-electron chi connectivity index (χ0n) is 5.78. The van der Waals surface area contributed by atoms with Gasteiger partial charge in [-0.1, -0.05) is 0 Å². The number of hydrogen-bond acceptors (Lipinski definition) is 4. The first-order chi connectivity index (χ1) is 4.65. The highest BCUT2D eigenvalue weighted by Crippen LogP contribution is 1.63. The summed E-state index contributed by atoms with van der Waals surface area (Å²) in [4.78, 5) is 9.00. The van der Waals surface area contributed by atoms with Crippen LogP contribution in [0.3, 0.4) is 0 Å². The number of carboxylic acids is 1. The van der Waals surface area contributed by atoms with E-state index in [2.05, 4.69) is 4.74 Å². The third kappa shape index (κ3) is 53.7. The standard InChI is InChI=1S/C3H8O3.C2H4O2/c4-1-2-6-3-5;1-2(3)4/h4-5H,1-3H2;1H3,(H,3,4). The van der Waals surface area contributed by atoms with Gasteiger partial charge >= 0.3 is 0 Å². The molecule has 0 atom stereocenters. The molecule has 0 radical (unpaired) electrons. The van der Waals surface area contributed by atoms with Crippen molar-refractivity contribution in [2.45, 2.75) is 6.92 Å². The Bertz CT molecular complexity index is 64.4. The van der Waals surface area contributed by atoms with Crippen LogP contribution in [0, 0.1) is 0 Å². The zero-order chi connectivity index (χ0) is 8.41. The number of ether oxygens (including phenoxy) is 1. The fourth-order valence-corrected chi connectivity index (χ4v) is 0.129. The lowest BCUT2D eigenvalue weighted by Gasteiger charge is -1.90. The van der Waals surface area contributed by atoms with Gasteiger partial charge in [0.05, 0.1) is 13.2 Å². The average molecular weight is 152 g/mol. The Labute approximate surface area is 58.9 Å². The molecular formula is C5H12O5. The molecular weight excluding hydrogens is 140 g/mol. The van der Waals surface area contributed by atoms with Gasteiger partial charge in [-0.2, -0.15) is 0 Å². The molecule has 5 heteroatoms. The van der Waals surface area contributed by atoms with Gasteiger partial charge in [-0.05, 0) is 0 Å². The summed E-state index contributed by atoms with van der Waals surface area (Å²) in [5.41, 5.74) is 0. The van der Waals surface area contributed by atoms with Crippen molar-refractivity contribution < 1.29 is 24.9 Å². The molecule has 0 aromatic carbocycles. The van der Waals surface area contributed by atoms with Crippen molar-refractivity contribution in [3.05, 3.63) is 0 Å². The van der Waals surface area contributed by atoms with Crippen molar-refractivity contribution in [1.29, 1.82) is 0 Å². The van der Waals surface area contributed by atoms with E-state index in [1.165, 1.54) is 0 Å². The predicted molar refractivity (Wildman–Crippen MR) is 33.4 cm³/mol. The van der Waals surface area contributed by atoms with Crippen LogP contribution in [0.25, 0.3) is 0 Å². The molecule has 0 saturated carbocycles. The second-order valence-electron chi connectivity index (χ2n) is 1.28. The van der Waals surface area contributed by atoms with Gasteiger partial charge in [-0.3, -0.25) is 4.79 Å². The molecule has 0 bridgehead atoms. The van der Waals surface area contributed by atoms with Gasteiger partial charge in [0.2, 0.25) is 0 Å². The summed E-state index contributed by atoms with van der Waals surface area (Å²) >= 11 is 0. The van der Waals surface area contributed by atoms with Gasteiger partial charge in [-0.15, -0.1) is 0 Å². The van der Waals surface area contributed by atoms with E-state index < -0.39 is 5.97 Å². The highest BCUT2D eigenvalue weighted by molar-refractivity contribution is 5.62. The van der Waals surface area contributed by atoms with E-state index in [0.717, 1.165) is 6.92 Å². The highest BCUT2D eigenvalue weighted by atomic mass is 16.6. The quantitative estimate of drug-likeness (QED) is 0.358. The second kappa shape index (κ2) is 11.2. The number of rotatable bonds is 3. The molecule has 0 rings (SSSR count). The first-order valence-corrected chi connectivity index (χ1v) is 2.64. The molecule has 0 aliphatic rings. The highest BCUT2D eigenvalue weighted by Gasteiger charge is 1.74. The molecule has 0 aromatic heterocycles. The Morgan fingerprint density at radius 1 is 1.50 bits per heavy atom. The van der Waals surface area contributed by atoms with Crippen LogP contribution in [0.5, 0.6) is 0 Å². The Hall–Kier alpha value is -0.650. The molecule has 0 aliphatic carbocycles. The van der Waals surface area contributed by atoms with Crippen LogP contribution in [-0.4, -0.2) is 41.3 Å². The summed E-state index contributed by atoms with van der Waals surface area (Å²) < 4.78 is 4.29. The number of aliphatic hydroxyl groups excluding tert-OH is 2. The SMILES string of the molecule is CC(=O)O.OCCOCO. The molecule has 0 saturated heterocycles. The number of carboxylic acid groups (broad SMARTS) is 1. The van der Waals surface area contributed by atoms with E-state index in [0.29, 0.717) is 0 Å². The third-order valence-corrected chi connectivity index (χ3v) is 0.327. The monoisotopic (exact) mass is 152 g/mol. The largest absolute Gasteiger partial charge is 0.481 e. The number of aliphatic hydroxyl groups is 2. The predicted octanol–water partition coefficient (Wildman–Crippen LogP) is -0.964. The van der Waals surface area contributed by atoms with E-state index in [1.807, 2.05) is 0 Å². The molecule has 0 spiro atoms. The van der Waals surface area contributed by atoms with Gasteiger partial charge in [0.15, 0.2) is 0 Å². The van der Waals surface area contributed by atoms with Gasteiger partial charge in [0, 0.05) is 6.92 Å². The smallest absolute Gasteiger partial charge is 0.300 e. The number of carbonyl (C=O) groups is 1. The third-order valence-electron chi connectivity index (χ3n) is 0.327. The van der Waals surface area contributed by atoms with Gasteiger partial charge in [-0.25, -0.2) is 0 Å². The van der Waals surface area contributed by atoms with Crippen molar-refractivity contribution in [3.8, 4) is 0 Å². The van der Waals surface area contributed by atoms with Crippen LogP contribution in [0.1, 0.15) is 6.92 Å². The molecule has 0 amide bonds. The minimum atomic E-state index is -0.833. The van der Waals surface area contributed by atoms with Crippen molar-refractivity contribution in [3.63, 3.8) is 0 Å². The lowest BCUT2D eigenvalue weighted by atomic mass is 10.8. The Kier molecular flexibility index (Phi) is 13.5. The minimum Gasteiger partial charge on any atom is -0.481 e. The average Bonchev–Trinajstić information content (AvgIpc) is 1.82. The van der Waals surface area contributed by atoms with E-state index in [9.17, 15) is 0 Å². The molecule has 0 unspecified atom stereocenters. The van der Waals surface area contributed by atoms with Crippen LogP contribution in [0.15, 0.2) is 0 Å². The molecule has 62 valence electrons. The summed E-state index contributed by atoms with van der Waals surface area (Å²) in [5, 5.41) is 23.2. The molecule has 0 aromatic rings. The van der Waals surface area contributed by atoms with E-state index in [1.54, 1.807) is 0 Å². The van der Waals surface area contributed by atoms with Crippen molar-refractivity contribution in [2.75, 3.05) is 20.0 Å². The summed E-state index contributed by atoms with van der Waals surface area (Å²) in [6.07, 6.45) is 0. The van der Waals surface area contributed by atoms with Crippen molar-refractivity contribution >= 4 is 5.97 Å². The summed E-state index contributed by atoms with van der Waals surface area (Å²) in [7, 11) is 0. The van der Waals surface area contributed by atoms with Crippen LogP contribution in [-0.2, 0) is 9.53 Å². The molecule has 0 aliphatic heterocycles. The Balaban J connectivity index is 0. The minimum absolute atomic E-state index is 0.0272. The summed E-state index contributed by atoms with van der Waals surface area (Å²) in [6.45, 7) is 0.970. The van der Waals surface area contributed by atoms with Gasteiger partial charge in [0.1, 0.15) is 6.79 Å². The maximum Gasteiger partial charge on any atom is 0.300 e. The maximum absolute atomic E-state index is 9.00. The Morgan fingerprint density at radius 2 is 1.90 bits per heavy atom. The zero-order valence-corrected chi connectivity index (χ0v) is 5.78. The van der Waals surface area contributed by atoms with Crippen LogP contribution in [0.2, 0.25) is 0 Å². The number of aliphatic carboxylic acids is 1. The number of hydrogen-bond donors (Lipinski definition) is 3. The lowest BCUT2D eigenvalue weighted by molar-refractivity contribution is -0.134. The normalized spacial score (nSPS) is 7.90. The van der Waals surface area contributed by atoms with Crippen LogP contribution >= 0.6 is 0 Å². The summed E-state index contributed by atoms with van der Waals surface area (Å²) in [6, 6.07) is 0. The first-order valence-electron chi connectivity index (χ1n) is 2.64. The maximum atomic E-state index is 9.00. The van der Waals surface area contributed by atoms with E-state index in [-0.39, 0.29) is 20.0 Å². The molecule has 3 N–H and O–H groups in total. The van der Waals surface area contributed by atoms with E-state index in [4.69, 9.17) is 20.1 Å². The fraction of sp³-hybridized carbons (Fsp3) is 0.800. The van der Waals surface area contributed by atoms with Gasteiger partial charge in [0.25, 0.3) is 5.97 Å². The summed E-state index contributed by atoms with van der Waals surface area (Å²) in [5.74, 6) is -0.833. The fourth-order valence-electron chi connectivity index (χ4n) is 0.129. The van der Waals surface area contributed by atoms with E-state index >= 15 is 0 Å². The molecule has 5 nitrogen and oxygen atoms in total. The van der Waals surface area contributed by atoms with Gasteiger partial charge < -0.3 is 20.1 Å². The van der Waals surface area contributed by atoms with Crippen molar-refractivity contribution in [1.82, 2.24) is 0 Å². The lowest BCUT2D eigenvalue weighted by Crippen LogP contribution is -1.98. The van der Waals surface area contributed by atoms with Crippen LogP contribution in [0.4, 0.5) is 0 Å². The molecule has 0 heterocycles. The molecule has 10 heavy (non-hydrogen) atoms. The topological polar surface area (TPSA) is 87.0 Å². The Morgan fingerprint density at radius 3 is 2.00 bits per heavy atom. The second-order valence-corrected chi connectivity index (χ2v) is 1.28. The van der Waals surface area contributed by atoms with Crippen LogP contribution < -0.4 is 0 Å². The van der Waals surface area contributed by atoms with Crippen molar-refractivity contribution in [2.24, 2.45) is 0 Å².